The van der Waals surface area contributed by atoms with E-state index in [4.69, 9.17) is 5.73 Å². The molecule has 0 amide bonds. The first-order valence-corrected chi connectivity index (χ1v) is 6.87. The number of aryl methyl sites for hydroxylation is 1. The van der Waals surface area contributed by atoms with Crippen molar-refractivity contribution in [3.8, 4) is 0 Å². The monoisotopic (exact) mass is 249 g/mol. The quantitative estimate of drug-likeness (QED) is 0.887. The summed E-state index contributed by atoms with van der Waals surface area (Å²) in [7, 11) is 0. The number of nitrogen functional groups attached to an aromatic ring is 1. The summed E-state index contributed by atoms with van der Waals surface area (Å²) in [5.74, 6) is 2.60. The molecule has 0 aliphatic carbocycles. The van der Waals surface area contributed by atoms with E-state index in [2.05, 4.69) is 40.6 Å². The molecule has 0 radical (unpaired) electrons. The smallest absolute Gasteiger partial charge is 0.230 e. The summed E-state index contributed by atoms with van der Waals surface area (Å²) in [4.78, 5) is 15.3. The van der Waals surface area contributed by atoms with Gasteiger partial charge in [0.05, 0.1) is 0 Å². The van der Waals surface area contributed by atoms with E-state index < -0.39 is 0 Å². The average Bonchev–Trinajstić information content (AvgIpc) is 2.32. The van der Waals surface area contributed by atoms with Crippen molar-refractivity contribution in [1.29, 1.82) is 0 Å². The van der Waals surface area contributed by atoms with Crippen molar-refractivity contribution in [2.75, 3.05) is 17.2 Å². The molecule has 0 saturated carbocycles. The maximum Gasteiger partial charge on any atom is 0.230 e. The molecule has 5 heteroatoms. The van der Waals surface area contributed by atoms with Gasteiger partial charge >= 0.3 is 0 Å². The van der Waals surface area contributed by atoms with E-state index in [1.54, 1.807) is 0 Å². The third-order valence-electron chi connectivity index (χ3n) is 3.54. The molecule has 2 atom stereocenters. The minimum atomic E-state index is 0.342. The molecule has 0 spiro atoms. The highest BCUT2D eigenvalue weighted by Gasteiger charge is 2.25. The number of nitrogens with two attached hydrogens (primary N) is 1. The summed E-state index contributed by atoms with van der Waals surface area (Å²) in [6.45, 7) is 7.63. The van der Waals surface area contributed by atoms with Crippen molar-refractivity contribution in [3.05, 3.63) is 5.82 Å². The maximum atomic E-state index is 5.79. The van der Waals surface area contributed by atoms with Crippen LogP contribution in [0.5, 0.6) is 0 Å². The molecule has 1 aromatic heterocycles. The van der Waals surface area contributed by atoms with Crippen molar-refractivity contribution in [2.24, 2.45) is 5.92 Å². The van der Waals surface area contributed by atoms with Gasteiger partial charge < -0.3 is 10.6 Å². The van der Waals surface area contributed by atoms with Gasteiger partial charge in [-0.15, -0.1) is 0 Å². The van der Waals surface area contributed by atoms with Crippen LogP contribution in [0.15, 0.2) is 0 Å². The van der Waals surface area contributed by atoms with Crippen molar-refractivity contribution in [3.63, 3.8) is 0 Å². The standard InChI is InChI=1S/C13H23N5/c1-4-5-11-15-12(14)17-13(16-11)18-8-9(2)6-7-10(18)3/h9-10H,4-8H2,1-3H3,(H2,14,15,16,17). The summed E-state index contributed by atoms with van der Waals surface area (Å²) in [6, 6.07) is 0.484. The van der Waals surface area contributed by atoms with Gasteiger partial charge in [0, 0.05) is 19.0 Å². The summed E-state index contributed by atoms with van der Waals surface area (Å²) < 4.78 is 0. The van der Waals surface area contributed by atoms with Gasteiger partial charge in [0.1, 0.15) is 5.82 Å². The van der Waals surface area contributed by atoms with Gasteiger partial charge in [-0.1, -0.05) is 13.8 Å². The fourth-order valence-corrected chi connectivity index (χ4v) is 2.46. The van der Waals surface area contributed by atoms with Crippen LogP contribution >= 0.6 is 0 Å². The molecule has 0 bridgehead atoms. The third kappa shape index (κ3) is 2.89. The highest BCUT2D eigenvalue weighted by molar-refractivity contribution is 5.36. The Kier molecular flexibility index (Phi) is 3.99. The number of rotatable bonds is 3. The van der Waals surface area contributed by atoms with Crippen LogP contribution in [-0.2, 0) is 6.42 Å². The van der Waals surface area contributed by atoms with E-state index >= 15 is 0 Å². The lowest BCUT2D eigenvalue weighted by Gasteiger charge is -2.36. The first-order chi connectivity index (χ1) is 8.60. The summed E-state index contributed by atoms with van der Waals surface area (Å²) in [6.07, 6.45) is 4.35. The Morgan fingerprint density at radius 3 is 2.72 bits per heavy atom. The Hall–Kier alpha value is -1.39. The van der Waals surface area contributed by atoms with Crippen molar-refractivity contribution in [2.45, 2.75) is 52.5 Å². The van der Waals surface area contributed by atoms with E-state index in [9.17, 15) is 0 Å². The number of nitrogens with zero attached hydrogens (tertiary/aromatic N) is 4. The zero-order chi connectivity index (χ0) is 13.1. The summed E-state index contributed by atoms with van der Waals surface area (Å²) in [5, 5.41) is 0. The van der Waals surface area contributed by atoms with Gasteiger partial charge in [0.25, 0.3) is 0 Å². The molecule has 18 heavy (non-hydrogen) atoms. The molecular formula is C13H23N5. The molecule has 1 saturated heterocycles. The van der Waals surface area contributed by atoms with Crippen LogP contribution < -0.4 is 10.6 Å². The average molecular weight is 249 g/mol. The Bertz CT molecular complexity index is 406. The fourth-order valence-electron chi connectivity index (χ4n) is 2.46. The van der Waals surface area contributed by atoms with E-state index in [0.29, 0.717) is 17.9 Å². The molecule has 1 fully saturated rings. The third-order valence-corrected chi connectivity index (χ3v) is 3.54. The van der Waals surface area contributed by atoms with E-state index in [-0.39, 0.29) is 0 Å². The topological polar surface area (TPSA) is 67.9 Å². The van der Waals surface area contributed by atoms with Crippen LogP contribution in [0.4, 0.5) is 11.9 Å². The molecule has 100 valence electrons. The fraction of sp³-hybridized carbons (Fsp3) is 0.769. The highest BCUT2D eigenvalue weighted by atomic mass is 15.3. The lowest BCUT2D eigenvalue weighted by Crippen LogP contribution is -2.42. The second-order valence-corrected chi connectivity index (χ2v) is 5.34. The second kappa shape index (κ2) is 5.50. The minimum absolute atomic E-state index is 0.342. The lowest BCUT2D eigenvalue weighted by atomic mass is 9.95. The summed E-state index contributed by atoms with van der Waals surface area (Å²) >= 11 is 0. The molecule has 5 nitrogen and oxygen atoms in total. The molecule has 2 N–H and O–H groups in total. The molecule has 2 unspecified atom stereocenters. The van der Waals surface area contributed by atoms with E-state index in [1.165, 1.54) is 12.8 Å². The molecule has 1 aliphatic heterocycles. The zero-order valence-electron chi connectivity index (χ0n) is 11.6. The number of hydrogen-bond donors (Lipinski definition) is 1. The van der Waals surface area contributed by atoms with Crippen molar-refractivity contribution >= 4 is 11.9 Å². The van der Waals surface area contributed by atoms with Gasteiger partial charge in [-0.05, 0) is 32.1 Å². The number of anilines is 2. The largest absolute Gasteiger partial charge is 0.368 e. The molecule has 1 aliphatic rings. The Labute approximate surface area is 109 Å². The van der Waals surface area contributed by atoms with Crippen LogP contribution in [0.1, 0.15) is 45.9 Å². The van der Waals surface area contributed by atoms with Crippen LogP contribution in [0.25, 0.3) is 0 Å². The Morgan fingerprint density at radius 1 is 1.22 bits per heavy atom. The van der Waals surface area contributed by atoms with Gasteiger partial charge in [-0.3, -0.25) is 0 Å². The van der Waals surface area contributed by atoms with Gasteiger partial charge in [-0.2, -0.15) is 15.0 Å². The van der Waals surface area contributed by atoms with E-state index in [1.807, 2.05) is 0 Å². The van der Waals surface area contributed by atoms with Gasteiger partial charge in [-0.25, -0.2) is 0 Å². The van der Waals surface area contributed by atoms with Crippen LogP contribution in [0, 0.1) is 5.92 Å². The summed E-state index contributed by atoms with van der Waals surface area (Å²) in [5.41, 5.74) is 5.79. The highest BCUT2D eigenvalue weighted by Crippen LogP contribution is 2.25. The Morgan fingerprint density at radius 2 is 2.00 bits per heavy atom. The lowest BCUT2D eigenvalue weighted by molar-refractivity contribution is 0.385. The minimum Gasteiger partial charge on any atom is -0.368 e. The first kappa shape index (κ1) is 13.1. The maximum absolute atomic E-state index is 5.79. The SMILES string of the molecule is CCCc1nc(N)nc(N2CC(C)CCC2C)n1. The normalized spacial score (nSPS) is 24.3. The van der Waals surface area contributed by atoms with Gasteiger partial charge in [0.15, 0.2) is 0 Å². The Balaban J connectivity index is 2.25. The molecule has 2 rings (SSSR count). The van der Waals surface area contributed by atoms with Crippen molar-refractivity contribution in [1.82, 2.24) is 15.0 Å². The van der Waals surface area contributed by atoms with Crippen molar-refractivity contribution < 1.29 is 0 Å². The molecule has 1 aromatic rings. The second-order valence-electron chi connectivity index (χ2n) is 5.34. The predicted molar refractivity (Wildman–Crippen MR) is 73.4 cm³/mol. The number of piperidine rings is 1. The van der Waals surface area contributed by atoms with Crippen LogP contribution in [0.3, 0.4) is 0 Å². The predicted octanol–water partition coefficient (Wildman–Crippen LogP) is 2.03. The van der Waals surface area contributed by atoms with Crippen LogP contribution in [-0.4, -0.2) is 27.5 Å². The molecule has 0 aromatic carbocycles. The molecule has 2 heterocycles. The van der Waals surface area contributed by atoms with E-state index in [0.717, 1.165) is 31.2 Å². The number of aromatic nitrogens is 3. The van der Waals surface area contributed by atoms with Crippen LogP contribution in [0.2, 0.25) is 0 Å². The molecular weight excluding hydrogens is 226 g/mol. The van der Waals surface area contributed by atoms with Gasteiger partial charge in [0.2, 0.25) is 11.9 Å². The number of hydrogen-bond acceptors (Lipinski definition) is 5. The zero-order valence-corrected chi connectivity index (χ0v) is 11.6. The first-order valence-electron chi connectivity index (χ1n) is 6.87.